The summed E-state index contributed by atoms with van der Waals surface area (Å²) in [5.41, 5.74) is 0.964. The fourth-order valence-corrected chi connectivity index (χ4v) is 4.67. The highest BCUT2D eigenvalue weighted by molar-refractivity contribution is 7.92. The average molecular weight is 462 g/mol. The number of amides is 2. The molecule has 0 saturated carbocycles. The third kappa shape index (κ3) is 5.45. The fraction of sp³-hybridized carbons (Fsp3) is 0.273. The van der Waals surface area contributed by atoms with E-state index >= 15 is 0 Å². The number of para-hydroxylation sites is 1. The van der Waals surface area contributed by atoms with Gasteiger partial charge in [-0.05, 0) is 48.7 Å². The van der Waals surface area contributed by atoms with E-state index in [0.717, 1.165) is 6.42 Å². The number of likely N-dealkylation sites (tertiary alicyclic amines) is 1. The predicted molar refractivity (Wildman–Crippen MR) is 121 cm³/mol. The second-order valence-corrected chi connectivity index (χ2v) is 9.50. The molecule has 1 saturated heterocycles. The zero-order valence-electron chi connectivity index (χ0n) is 17.3. The molecular formula is C22H24ClN3O4S. The fourth-order valence-electron chi connectivity index (χ4n) is 3.35. The minimum absolute atomic E-state index is 0.0760. The van der Waals surface area contributed by atoms with Gasteiger partial charge >= 0.3 is 0 Å². The standard InChI is InChI=1S/C22H24ClN3O4S/c1-25(2)22(28)20-8-5-15-26(20)21(27)14-11-16-9-12-17(13-10-16)31(29,30)24-19-7-4-3-6-18(19)23/h3-4,6-7,9-14,20,24H,5,8,15H2,1-2H3/b14-11+. The Hall–Kier alpha value is -2.84. The highest BCUT2D eigenvalue weighted by Crippen LogP contribution is 2.24. The minimum Gasteiger partial charge on any atom is -0.347 e. The Morgan fingerprint density at radius 1 is 1.13 bits per heavy atom. The summed E-state index contributed by atoms with van der Waals surface area (Å²) in [5.74, 6) is -0.324. The van der Waals surface area contributed by atoms with Crippen molar-refractivity contribution in [2.45, 2.75) is 23.8 Å². The highest BCUT2D eigenvalue weighted by atomic mass is 35.5. The number of rotatable bonds is 6. The SMILES string of the molecule is CN(C)C(=O)C1CCCN1C(=O)/C=C/c1ccc(S(=O)(=O)Nc2ccccc2Cl)cc1. The van der Waals surface area contributed by atoms with Crippen molar-refractivity contribution in [3.05, 3.63) is 65.2 Å². The first kappa shape index (κ1) is 22.8. The number of carbonyl (C=O) groups is 2. The van der Waals surface area contributed by atoms with Crippen molar-refractivity contribution >= 4 is 45.2 Å². The van der Waals surface area contributed by atoms with Gasteiger partial charge in [-0.1, -0.05) is 35.9 Å². The molecule has 1 N–H and O–H groups in total. The highest BCUT2D eigenvalue weighted by Gasteiger charge is 2.33. The van der Waals surface area contributed by atoms with Gasteiger partial charge in [-0.3, -0.25) is 14.3 Å². The van der Waals surface area contributed by atoms with Crippen molar-refractivity contribution in [1.82, 2.24) is 9.80 Å². The topological polar surface area (TPSA) is 86.8 Å². The van der Waals surface area contributed by atoms with E-state index in [-0.39, 0.29) is 16.7 Å². The first-order valence-corrected chi connectivity index (χ1v) is 11.6. The van der Waals surface area contributed by atoms with Crippen molar-refractivity contribution in [2.24, 2.45) is 0 Å². The first-order valence-electron chi connectivity index (χ1n) is 9.76. The molecule has 7 nitrogen and oxygen atoms in total. The van der Waals surface area contributed by atoms with E-state index in [9.17, 15) is 18.0 Å². The number of anilines is 1. The Labute approximate surface area is 187 Å². The van der Waals surface area contributed by atoms with Crippen molar-refractivity contribution < 1.29 is 18.0 Å². The van der Waals surface area contributed by atoms with Crippen molar-refractivity contribution in [3.63, 3.8) is 0 Å². The molecule has 1 heterocycles. The molecule has 0 spiro atoms. The molecule has 0 aromatic heterocycles. The largest absolute Gasteiger partial charge is 0.347 e. The van der Waals surface area contributed by atoms with Gasteiger partial charge in [0.2, 0.25) is 11.8 Å². The number of nitrogens with one attached hydrogen (secondary N) is 1. The van der Waals surface area contributed by atoms with Crippen molar-refractivity contribution in [2.75, 3.05) is 25.4 Å². The van der Waals surface area contributed by atoms with E-state index < -0.39 is 16.1 Å². The van der Waals surface area contributed by atoms with E-state index in [4.69, 9.17) is 11.6 Å². The molecule has 1 aliphatic rings. The Morgan fingerprint density at radius 3 is 2.45 bits per heavy atom. The van der Waals surface area contributed by atoms with Gasteiger partial charge in [0.1, 0.15) is 6.04 Å². The zero-order chi connectivity index (χ0) is 22.6. The molecule has 31 heavy (non-hydrogen) atoms. The van der Waals surface area contributed by atoms with E-state index in [0.29, 0.717) is 29.2 Å². The third-order valence-corrected chi connectivity index (χ3v) is 6.70. The Kier molecular flexibility index (Phi) is 7.02. The van der Waals surface area contributed by atoms with Crippen LogP contribution in [0.5, 0.6) is 0 Å². The van der Waals surface area contributed by atoms with Gasteiger partial charge in [-0.25, -0.2) is 8.42 Å². The van der Waals surface area contributed by atoms with Gasteiger partial charge in [0.05, 0.1) is 15.6 Å². The van der Waals surface area contributed by atoms with Gasteiger partial charge in [0.15, 0.2) is 0 Å². The Bertz CT molecular complexity index is 1100. The van der Waals surface area contributed by atoms with Gasteiger partial charge in [-0.15, -0.1) is 0 Å². The van der Waals surface area contributed by atoms with Crippen LogP contribution in [0, 0.1) is 0 Å². The summed E-state index contributed by atoms with van der Waals surface area (Å²) in [5, 5.41) is 0.303. The zero-order valence-corrected chi connectivity index (χ0v) is 18.9. The molecule has 164 valence electrons. The third-order valence-electron chi connectivity index (χ3n) is 4.99. The van der Waals surface area contributed by atoms with Crippen LogP contribution in [0.1, 0.15) is 18.4 Å². The van der Waals surface area contributed by atoms with Gasteiger partial charge in [0, 0.05) is 26.7 Å². The van der Waals surface area contributed by atoms with Crippen LogP contribution >= 0.6 is 11.6 Å². The summed E-state index contributed by atoms with van der Waals surface area (Å²) >= 11 is 6.02. The molecule has 0 radical (unpaired) electrons. The Balaban J connectivity index is 1.69. The summed E-state index contributed by atoms with van der Waals surface area (Å²) in [6.45, 7) is 0.540. The molecule has 3 rings (SSSR count). The van der Waals surface area contributed by atoms with Gasteiger partial charge in [0.25, 0.3) is 10.0 Å². The van der Waals surface area contributed by atoms with E-state index in [1.54, 1.807) is 61.5 Å². The van der Waals surface area contributed by atoms with Gasteiger partial charge in [-0.2, -0.15) is 0 Å². The minimum atomic E-state index is -3.80. The number of halogens is 1. The first-order chi connectivity index (χ1) is 14.7. The van der Waals surface area contributed by atoms with E-state index in [1.807, 2.05) is 0 Å². The maximum Gasteiger partial charge on any atom is 0.261 e. The summed E-state index contributed by atoms with van der Waals surface area (Å²) in [4.78, 5) is 28.0. The lowest BCUT2D eigenvalue weighted by atomic mass is 10.2. The molecule has 2 aromatic carbocycles. The number of benzene rings is 2. The predicted octanol–water partition coefficient (Wildman–Crippen LogP) is 3.23. The van der Waals surface area contributed by atoms with Crippen molar-refractivity contribution in [1.29, 1.82) is 0 Å². The van der Waals surface area contributed by atoms with Crippen LogP contribution in [-0.4, -0.2) is 56.7 Å². The van der Waals surface area contributed by atoms with Crippen LogP contribution < -0.4 is 4.72 Å². The van der Waals surface area contributed by atoms with Gasteiger partial charge < -0.3 is 9.80 Å². The van der Waals surface area contributed by atoms with Crippen LogP contribution in [0.25, 0.3) is 6.08 Å². The lowest BCUT2D eigenvalue weighted by Crippen LogP contribution is -2.44. The quantitative estimate of drug-likeness (QED) is 0.669. The lowest BCUT2D eigenvalue weighted by molar-refractivity contribution is -0.139. The number of sulfonamides is 1. The van der Waals surface area contributed by atoms with Crippen LogP contribution in [-0.2, 0) is 19.6 Å². The van der Waals surface area contributed by atoms with Crippen LogP contribution in [0.15, 0.2) is 59.5 Å². The second-order valence-electron chi connectivity index (χ2n) is 7.41. The maximum atomic E-state index is 12.6. The van der Waals surface area contributed by atoms with Crippen LogP contribution in [0.4, 0.5) is 5.69 Å². The molecule has 1 aliphatic heterocycles. The second kappa shape index (κ2) is 9.53. The molecule has 2 aromatic rings. The summed E-state index contributed by atoms with van der Waals surface area (Å²) in [6.07, 6.45) is 4.46. The summed E-state index contributed by atoms with van der Waals surface area (Å²) in [7, 11) is -0.446. The van der Waals surface area contributed by atoms with E-state index in [1.165, 1.54) is 23.1 Å². The summed E-state index contributed by atoms with van der Waals surface area (Å²) in [6, 6.07) is 12.3. The molecule has 1 unspecified atom stereocenters. The Morgan fingerprint density at radius 2 is 1.81 bits per heavy atom. The monoisotopic (exact) mass is 461 g/mol. The van der Waals surface area contributed by atoms with Crippen LogP contribution in [0.2, 0.25) is 5.02 Å². The van der Waals surface area contributed by atoms with E-state index in [2.05, 4.69) is 4.72 Å². The lowest BCUT2D eigenvalue weighted by Gasteiger charge is -2.25. The molecule has 0 aliphatic carbocycles. The number of likely N-dealkylation sites (N-methyl/N-ethyl adjacent to an activating group) is 1. The molecule has 1 fully saturated rings. The molecule has 9 heteroatoms. The number of hydrogen-bond acceptors (Lipinski definition) is 4. The normalized spacial score (nSPS) is 16.5. The molecule has 0 bridgehead atoms. The smallest absolute Gasteiger partial charge is 0.261 e. The maximum absolute atomic E-state index is 12.6. The molecule has 2 amide bonds. The molecule has 1 atom stereocenters. The number of hydrogen-bond donors (Lipinski definition) is 1. The molecular weight excluding hydrogens is 438 g/mol. The summed E-state index contributed by atoms with van der Waals surface area (Å²) < 4.78 is 27.6. The number of carbonyl (C=O) groups excluding carboxylic acids is 2. The number of nitrogens with zero attached hydrogens (tertiary/aromatic N) is 2. The van der Waals surface area contributed by atoms with Crippen molar-refractivity contribution in [3.8, 4) is 0 Å². The van der Waals surface area contributed by atoms with Crippen LogP contribution in [0.3, 0.4) is 0 Å². The average Bonchev–Trinajstić information content (AvgIpc) is 3.23.